The molecule has 1 saturated carbocycles. The van der Waals surface area contributed by atoms with Gasteiger partial charge >= 0.3 is 0 Å². The van der Waals surface area contributed by atoms with E-state index in [9.17, 15) is 0 Å². The SMILES string of the molecule is CC1CC(C)(C)NC2(CCCCC2)N1. The Labute approximate surface area is 87.8 Å². The van der Waals surface area contributed by atoms with E-state index in [1.807, 2.05) is 0 Å². The Hall–Kier alpha value is -0.0800. The highest BCUT2D eigenvalue weighted by Crippen LogP contribution is 2.32. The Balaban J connectivity index is 2.10. The first-order valence-corrected chi connectivity index (χ1v) is 6.08. The molecule has 0 aromatic heterocycles. The molecule has 1 saturated heterocycles. The molecular weight excluding hydrogens is 172 g/mol. The summed E-state index contributed by atoms with van der Waals surface area (Å²) in [6, 6.07) is 0.657. The summed E-state index contributed by atoms with van der Waals surface area (Å²) in [7, 11) is 0. The van der Waals surface area contributed by atoms with Gasteiger partial charge in [-0.15, -0.1) is 0 Å². The van der Waals surface area contributed by atoms with Crippen LogP contribution >= 0.6 is 0 Å². The van der Waals surface area contributed by atoms with E-state index in [4.69, 9.17) is 0 Å². The van der Waals surface area contributed by atoms with Crippen LogP contribution in [0.2, 0.25) is 0 Å². The maximum Gasteiger partial charge on any atom is 0.0693 e. The first-order valence-electron chi connectivity index (χ1n) is 6.08. The Bertz CT molecular complexity index is 204. The van der Waals surface area contributed by atoms with E-state index in [2.05, 4.69) is 31.4 Å². The predicted octanol–water partition coefficient (Wildman–Crippen LogP) is 2.40. The van der Waals surface area contributed by atoms with Crippen LogP contribution in [0.25, 0.3) is 0 Å². The molecular formula is C12H24N2. The Morgan fingerprint density at radius 3 is 2.29 bits per heavy atom. The van der Waals surface area contributed by atoms with E-state index < -0.39 is 0 Å². The van der Waals surface area contributed by atoms with Crippen LogP contribution in [0.15, 0.2) is 0 Å². The second-order valence-corrected chi connectivity index (χ2v) is 5.90. The summed E-state index contributed by atoms with van der Waals surface area (Å²) >= 11 is 0. The minimum Gasteiger partial charge on any atom is -0.297 e. The molecule has 2 rings (SSSR count). The van der Waals surface area contributed by atoms with E-state index in [0.717, 1.165) is 0 Å². The van der Waals surface area contributed by atoms with Crippen LogP contribution in [0.1, 0.15) is 59.3 Å². The molecule has 2 N–H and O–H groups in total. The minimum absolute atomic E-state index is 0.263. The average Bonchev–Trinajstić information content (AvgIpc) is 2.00. The van der Waals surface area contributed by atoms with Crippen molar-refractivity contribution < 1.29 is 0 Å². The minimum atomic E-state index is 0.263. The Morgan fingerprint density at radius 2 is 1.71 bits per heavy atom. The monoisotopic (exact) mass is 196 g/mol. The molecule has 0 bridgehead atoms. The molecule has 1 unspecified atom stereocenters. The molecule has 2 aliphatic rings. The molecule has 0 aromatic rings. The van der Waals surface area contributed by atoms with Gasteiger partial charge in [-0.05, 0) is 40.0 Å². The van der Waals surface area contributed by atoms with Gasteiger partial charge in [-0.3, -0.25) is 10.6 Å². The normalized spacial score (nSPS) is 35.8. The first kappa shape index (κ1) is 10.4. The fraction of sp³-hybridized carbons (Fsp3) is 1.00. The van der Waals surface area contributed by atoms with Crippen molar-refractivity contribution in [2.24, 2.45) is 0 Å². The van der Waals surface area contributed by atoms with Crippen LogP contribution < -0.4 is 10.6 Å². The topological polar surface area (TPSA) is 24.1 Å². The van der Waals surface area contributed by atoms with Crippen LogP contribution in [0.5, 0.6) is 0 Å². The first-order chi connectivity index (χ1) is 6.52. The summed E-state index contributed by atoms with van der Waals surface area (Å²) in [5.41, 5.74) is 0.571. The summed E-state index contributed by atoms with van der Waals surface area (Å²) in [4.78, 5) is 0. The zero-order valence-electron chi connectivity index (χ0n) is 9.82. The molecule has 14 heavy (non-hydrogen) atoms. The fourth-order valence-electron chi connectivity index (χ4n) is 3.45. The third-order valence-electron chi connectivity index (χ3n) is 3.62. The number of hydrogen-bond acceptors (Lipinski definition) is 2. The highest BCUT2D eigenvalue weighted by Gasteiger charge is 2.41. The summed E-state index contributed by atoms with van der Waals surface area (Å²) in [5, 5.41) is 7.60. The van der Waals surface area contributed by atoms with Crippen LogP contribution in [0.3, 0.4) is 0 Å². The molecule has 82 valence electrons. The molecule has 0 amide bonds. The zero-order valence-corrected chi connectivity index (χ0v) is 9.82. The number of nitrogens with one attached hydrogen (secondary N) is 2. The maximum absolute atomic E-state index is 3.83. The molecule has 1 spiro atoms. The second-order valence-electron chi connectivity index (χ2n) is 5.90. The molecule has 1 heterocycles. The van der Waals surface area contributed by atoms with Crippen LogP contribution in [0, 0.1) is 0 Å². The van der Waals surface area contributed by atoms with E-state index in [0.29, 0.717) is 11.6 Å². The lowest BCUT2D eigenvalue weighted by atomic mass is 9.81. The van der Waals surface area contributed by atoms with Gasteiger partial charge in [0.25, 0.3) is 0 Å². The molecule has 1 atom stereocenters. The highest BCUT2D eigenvalue weighted by atomic mass is 15.3. The maximum atomic E-state index is 3.83. The molecule has 2 heteroatoms. The van der Waals surface area contributed by atoms with Gasteiger partial charge in [0.2, 0.25) is 0 Å². The quantitative estimate of drug-likeness (QED) is 0.621. The van der Waals surface area contributed by atoms with Crippen molar-refractivity contribution in [2.75, 3.05) is 0 Å². The third-order valence-corrected chi connectivity index (χ3v) is 3.62. The largest absolute Gasteiger partial charge is 0.297 e. The smallest absolute Gasteiger partial charge is 0.0693 e. The van der Waals surface area contributed by atoms with Gasteiger partial charge in [-0.2, -0.15) is 0 Å². The predicted molar refractivity (Wildman–Crippen MR) is 60.2 cm³/mol. The molecule has 2 nitrogen and oxygen atoms in total. The second kappa shape index (κ2) is 3.49. The highest BCUT2D eigenvalue weighted by molar-refractivity contribution is 5.01. The van der Waals surface area contributed by atoms with Gasteiger partial charge in [0.1, 0.15) is 0 Å². The third kappa shape index (κ3) is 2.12. The lowest BCUT2D eigenvalue weighted by Gasteiger charge is -2.52. The standard InChI is InChI=1S/C12H24N2/c1-10-9-11(2,3)14-12(13-10)7-5-4-6-8-12/h10,13-14H,4-9H2,1-3H3. The van der Waals surface area contributed by atoms with E-state index in [-0.39, 0.29) is 5.66 Å². The van der Waals surface area contributed by atoms with Crippen LogP contribution in [-0.4, -0.2) is 17.2 Å². The van der Waals surface area contributed by atoms with Gasteiger partial charge in [-0.25, -0.2) is 0 Å². The summed E-state index contributed by atoms with van der Waals surface area (Å²) in [6.07, 6.45) is 8.02. The van der Waals surface area contributed by atoms with E-state index in [1.165, 1.54) is 38.5 Å². The van der Waals surface area contributed by atoms with Crippen LogP contribution in [-0.2, 0) is 0 Å². The number of rotatable bonds is 0. The van der Waals surface area contributed by atoms with Gasteiger partial charge in [-0.1, -0.05) is 19.3 Å². The Morgan fingerprint density at radius 1 is 1.07 bits per heavy atom. The molecule has 1 aliphatic carbocycles. The molecule has 0 aromatic carbocycles. The fourth-order valence-corrected chi connectivity index (χ4v) is 3.45. The summed E-state index contributed by atoms with van der Waals surface area (Å²) < 4.78 is 0. The lowest BCUT2D eigenvalue weighted by molar-refractivity contribution is 0.0671. The van der Waals surface area contributed by atoms with Gasteiger partial charge in [0, 0.05) is 11.6 Å². The zero-order chi connectivity index (χ0) is 10.2. The molecule has 1 aliphatic heterocycles. The van der Waals surface area contributed by atoms with Crippen molar-refractivity contribution in [1.29, 1.82) is 0 Å². The van der Waals surface area contributed by atoms with Gasteiger partial charge < -0.3 is 0 Å². The Kier molecular flexibility index (Phi) is 2.61. The molecule has 2 fully saturated rings. The summed E-state index contributed by atoms with van der Waals surface area (Å²) in [6.45, 7) is 6.99. The summed E-state index contributed by atoms with van der Waals surface area (Å²) in [5.74, 6) is 0. The molecule has 0 radical (unpaired) electrons. The van der Waals surface area contributed by atoms with E-state index in [1.54, 1.807) is 0 Å². The van der Waals surface area contributed by atoms with Gasteiger partial charge in [0.15, 0.2) is 0 Å². The van der Waals surface area contributed by atoms with Crippen molar-refractivity contribution in [3.05, 3.63) is 0 Å². The van der Waals surface area contributed by atoms with Gasteiger partial charge in [0.05, 0.1) is 5.66 Å². The van der Waals surface area contributed by atoms with Crippen molar-refractivity contribution >= 4 is 0 Å². The lowest BCUT2D eigenvalue weighted by Crippen LogP contribution is -2.71. The van der Waals surface area contributed by atoms with E-state index >= 15 is 0 Å². The van der Waals surface area contributed by atoms with Crippen molar-refractivity contribution in [2.45, 2.75) is 76.5 Å². The number of hydrogen-bond donors (Lipinski definition) is 2. The van der Waals surface area contributed by atoms with Crippen molar-refractivity contribution in [1.82, 2.24) is 10.6 Å². The average molecular weight is 196 g/mol. The van der Waals surface area contributed by atoms with Crippen LogP contribution in [0.4, 0.5) is 0 Å². The van der Waals surface area contributed by atoms with Crippen molar-refractivity contribution in [3.63, 3.8) is 0 Å². The van der Waals surface area contributed by atoms with Crippen molar-refractivity contribution in [3.8, 4) is 0 Å².